The summed E-state index contributed by atoms with van der Waals surface area (Å²) in [6, 6.07) is 2.24. The molecule has 2 aromatic rings. The van der Waals surface area contributed by atoms with E-state index < -0.39 is 30.0 Å². The number of hydrogen-bond donors (Lipinski definition) is 2. The number of morpholine rings is 1. The first-order valence-electron chi connectivity index (χ1n) is 10.1. The monoisotopic (exact) mass is 480 g/mol. The third-order valence-electron chi connectivity index (χ3n) is 6.00. The van der Waals surface area contributed by atoms with Gasteiger partial charge < -0.3 is 15.2 Å². The number of nitrogens with zero attached hydrogens (tertiary/aromatic N) is 3. The van der Waals surface area contributed by atoms with Gasteiger partial charge in [-0.2, -0.15) is 0 Å². The van der Waals surface area contributed by atoms with Gasteiger partial charge in [0.2, 0.25) is 0 Å². The molecule has 0 aliphatic carbocycles. The molecule has 3 aliphatic rings. The number of ether oxygens (including phenoxy) is 1. The molecule has 0 spiro atoms. The molecule has 168 valence electrons. The fourth-order valence-electron chi connectivity index (χ4n) is 4.52. The van der Waals surface area contributed by atoms with E-state index in [9.17, 15) is 18.7 Å². The van der Waals surface area contributed by atoms with Crippen LogP contribution in [-0.2, 0) is 9.53 Å². The molecule has 3 aliphatic heterocycles. The highest BCUT2D eigenvalue weighted by molar-refractivity contribution is 7.11. The maximum Gasteiger partial charge on any atom is 0.335 e. The molecule has 32 heavy (non-hydrogen) atoms. The van der Waals surface area contributed by atoms with Crippen LogP contribution in [-0.4, -0.2) is 64.8 Å². The number of fused-ring (bicyclic) bond motifs is 2. The lowest BCUT2D eigenvalue weighted by atomic mass is 9.95. The Kier molecular flexibility index (Phi) is 5.70. The quantitative estimate of drug-likeness (QED) is 0.683. The zero-order valence-electron chi connectivity index (χ0n) is 16.7. The largest absolute Gasteiger partial charge is 0.478 e. The van der Waals surface area contributed by atoms with Crippen LogP contribution in [0.1, 0.15) is 23.0 Å². The normalized spacial score (nSPS) is 27.9. The minimum Gasteiger partial charge on any atom is -0.478 e. The minimum atomic E-state index is -1.18. The van der Waals surface area contributed by atoms with E-state index in [2.05, 4.69) is 15.3 Å². The molecule has 1 aromatic heterocycles. The van der Waals surface area contributed by atoms with E-state index in [-0.39, 0.29) is 29.8 Å². The average molecular weight is 481 g/mol. The van der Waals surface area contributed by atoms with Crippen LogP contribution in [0.4, 0.5) is 8.78 Å². The fourth-order valence-corrected chi connectivity index (χ4v) is 5.38. The Labute approximate surface area is 191 Å². The van der Waals surface area contributed by atoms with Gasteiger partial charge in [0, 0.05) is 40.4 Å². The van der Waals surface area contributed by atoms with E-state index in [0.29, 0.717) is 35.1 Å². The molecular weight excluding hydrogens is 462 g/mol. The summed E-state index contributed by atoms with van der Waals surface area (Å²) in [6.07, 6.45) is 0.936. The van der Waals surface area contributed by atoms with Crippen molar-refractivity contribution < 1.29 is 23.4 Å². The summed E-state index contributed by atoms with van der Waals surface area (Å²) in [5.74, 6) is -1.32. The van der Waals surface area contributed by atoms with E-state index in [4.69, 9.17) is 16.3 Å². The lowest BCUT2D eigenvalue weighted by molar-refractivity contribution is -0.133. The highest BCUT2D eigenvalue weighted by atomic mass is 35.5. The van der Waals surface area contributed by atoms with Crippen molar-refractivity contribution in [2.24, 2.45) is 4.99 Å². The van der Waals surface area contributed by atoms with Crippen molar-refractivity contribution in [3.05, 3.63) is 62.5 Å². The SMILES string of the molecule is O=C(O)C1=C(CN2C3COCC2C(F)C3)NC(c2nccs2)=N[C@H]1c1ccc(F)cc1Cl. The van der Waals surface area contributed by atoms with Crippen molar-refractivity contribution in [1.82, 2.24) is 15.2 Å². The van der Waals surface area contributed by atoms with Crippen molar-refractivity contribution in [3.63, 3.8) is 0 Å². The van der Waals surface area contributed by atoms with E-state index >= 15 is 0 Å². The number of carboxylic acids is 1. The van der Waals surface area contributed by atoms with Crippen molar-refractivity contribution in [1.29, 1.82) is 0 Å². The number of aromatic nitrogens is 1. The molecule has 2 N–H and O–H groups in total. The van der Waals surface area contributed by atoms with E-state index in [0.717, 1.165) is 6.07 Å². The number of alkyl halides is 1. The molecule has 4 atom stereocenters. The van der Waals surface area contributed by atoms with Crippen molar-refractivity contribution >= 4 is 34.7 Å². The maximum atomic E-state index is 14.5. The highest BCUT2D eigenvalue weighted by Crippen LogP contribution is 2.38. The number of thiazole rings is 1. The van der Waals surface area contributed by atoms with Crippen molar-refractivity contribution in [2.45, 2.75) is 30.7 Å². The fraction of sp³-hybridized carbons (Fsp3) is 0.381. The number of aliphatic carboxylic acids is 1. The van der Waals surface area contributed by atoms with Gasteiger partial charge in [-0.1, -0.05) is 17.7 Å². The predicted molar refractivity (Wildman–Crippen MR) is 115 cm³/mol. The van der Waals surface area contributed by atoms with Gasteiger partial charge in [-0.3, -0.25) is 9.89 Å². The standard InChI is InChI=1S/C21H19ClF2N4O3S/c22-13-5-10(23)1-2-12(13)18-17(21(29)30)15(26-19(27-18)20-25-3-4-32-20)7-28-11-6-14(24)16(28)9-31-8-11/h1-5,11,14,16,18H,6-9H2,(H,26,27)(H,29,30)/t11?,14?,16?,18-/m0/s1. The van der Waals surface area contributed by atoms with Crippen LogP contribution in [0.25, 0.3) is 0 Å². The highest BCUT2D eigenvalue weighted by Gasteiger charge is 2.46. The first-order valence-corrected chi connectivity index (χ1v) is 11.3. The predicted octanol–water partition coefficient (Wildman–Crippen LogP) is 3.18. The minimum absolute atomic E-state index is 0.0138. The number of aliphatic imine (C=N–C) groups is 1. The van der Waals surface area contributed by atoms with Gasteiger partial charge in [0.05, 0.1) is 24.8 Å². The van der Waals surface area contributed by atoms with Crippen LogP contribution in [0, 0.1) is 5.82 Å². The molecule has 2 bridgehead atoms. The maximum absolute atomic E-state index is 14.5. The third kappa shape index (κ3) is 3.81. The molecule has 7 nitrogen and oxygen atoms in total. The topological polar surface area (TPSA) is 87.0 Å². The van der Waals surface area contributed by atoms with Gasteiger partial charge in [-0.05, 0) is 18.6 Å². The summed E-state index contributed by atoms with van der Waals surface area (Å²) in [5, 5.41) is 15.7. The summed E-state index contributed by atoms with van der Waals surface area (Å²) in [5.41, 5.74) is 0.737. The van der Waals surface area contributed by atoms with Gasteiger partial charge in [0.1, 0.15) is 18.0 Å². The summed E-state index contributed by atoms with van der Waals surface area (Å²) in [6.45, 7) is 0.835. The lowest BCUT2D eigenvalue weighted by Crippen LogP contribution is -2.50. The second-order valence-corrected chi connectivity index (χ2v) is 9.19. The number of amidine groups is 1. The summed E-state index contributed by atoms with van der Waals surface area (Å²) >= 11 is 7.63. The Morgan fingerprint density at radius 2 is 2.25 bits per heavy atom. The van der Waals surface area contributed by atoms with Gasteiger partial charge in [0.15, 0.2) is 10.8 Å². The molecule has 2 fully saturated rings. The summed E-state index contributed by atoms with van der Waals surface area (Å²) < 4.78 is 33.7. The van der Waals surface area contributed by atoms with Gasteiger partial charge in [-0.25, -0.2) is 18.6 Å². The van der Waals surface area contributed by atoms with E-state index in [1.165, 1.54) is 23.5 Å². The zero-order chi connectivity index (χ0) is 22.4. The smallest absolute Gasteiger partial charge is 0.335 e. The van der Waals surface area contributed by atoms with Crippen molar-refractivity contribution in [2.75, 3.05) is 19.8 Å². The van der Waals surface area contributed by atoms with Gasteiger partial charge >= 0.3 is 5.97 Å². The van der Waals surface area contributed by atoms with Crippen LogP contribution in [0.3, 0.4) is 0 Å². The Morgan fingerprint density at radius 3 is 2.94 bits per heavy atom. The summed E-state index contributed by atoms with van der Waals surface area (Å²) in [4.78, 5) is 23.2. The molecule has 4 heterocycles. The second-order valence-electron chi connectivity index (χ2n) is 7.89. The molecule has 11 heteroatoms. The first kappa shape index (κ1) is 21.4. The molecule has 0 amide bonds. The lowest BCUT2D eigenvalue weighted by Gasteiger charge is -2.36. The van der Waals surface area contributed by atoms with Crippen LogP contribution in [0.2, 0.25) is 5.02 Å². The number of halogens is 3. The van der Waals surface area contributed by atoms with Crippen LogP contribution < -0.4 is 5.32 Å². The molecule has 3 unspecified atom stereocenters. The number of hydrogen-bond acceptors (Lipinski definition) is 7. The van der Waals surface area contributed by atoms with Crippen LogP contribution in [0.5, 0.6) is 0 Å². The van der Waals surface area contributed by atoms with Crippen molar-refractivity contribution in [3.8, 4) is 0 Å². The molecule has 5 rings (SSSR count). The van der Waals surface area contributed by atoms with E-state index in [1.54, 1.807) is 11.6 Å². The third-order valence-corrected chi connectivity index (χ3v) is 7.10. The average Bonchev–Trinajstić information content (AvgIpc) is 3.33. The van der Waals surface area contributed by atoms with Gasteiger partial charge in [-0.15, -0.1) is 11.3 Å². The zero-order valence-corrected chi connectivity index (χ0v) is 18.2. The number of benzene rings is 1. The van der Waals surface area contributed by atoms with Crippen LogP contribution in [0.15, 0.2) is 46.0 Å². The second kappa shape index (κ2) is 8.51. The number of carboxylic acid groups (broad SMARTS) is 1. The Morgan fingerprint density at radius 1 is 1.41 bits per heavy atom. The Bertz CT molecular complexity index is 1110. The molecule has 0 saturated carbocycles. The molecule has 2 saturated heterocycles. The Hall–Kier alpha value is -2.40. The Balaban J connectivity index is 1.59. The number of carbonyl (C=O) groups is 1. The number of nitrogens with one attached hydrogen (secondary N) is 1. The van der Waals surface area contributed by atoms with Gasteiger partial charge in [0.25, 0.3) is 0 Å². The number of rotatable bonds is 5. The molecule has 1 aromatic carbocycles. The molecular formula is C21H19ClF2N4O3S. The van der Waals surface area contributed by atoms with E-state index in [1.807, 2.05) is 4.90 Å². The first-order chi connectivity index (χ1) is 15.4. The van der Waals surface area contributed by atoms with Crippen LogP contribution >= 0.6 is 22.9 Å². The summed E-state index contributed by atoms with van der Waals surface area (Å²) in [7, 11) is 0. The molecule has 0 radical (unpaired) electrons.